The SMILES string of the molecule is COCCn1cc2cc(-c3nn(C4CCN(C(=O)OC(C)(C)C)CC4)c(C)c3-c3c(C)c(C)cc4c3c(N)nn4C(=O)OC(C)(C)C)c(C)cc2n1. The van der Waals surface area contributed by atoms with Crippen LogP contribution in [0, 0.1) is 27.7 Å². The Bertz CT molecular complexity index is 2170. The van der Waals surface area contributed by atoms with Gasteiger partial charge in [0.2, 0.25) is 0 Å². The molecule has 4 heterocycles. The molecule has 1 aliphatic rings. The van der Waals surface area contributed by atoms with Crippen molar-refractivity contribution in [2.24, 2.45) is 0 Å². The molecule has 0 bridgehead atoms. The fourth-order valence-electron chi connectivity index (χ4n) is 7.06. The molecule has 0 aliphatic carbocycles. The van der Waals surface area contributed by atoms with Crippen LogP contribution in [0.5, 0.6) is 0 Å². The van der Waals surface area contributed by atoms with E-state index in [1.807, 2.05) is 65.4 Å². The van der Waals surface area contributed by atoms with Crippen LogP contribution in [0.15, 0.2) is 24.4 Å². The van der Waals surface area contributed by atoms with Gasteiger partial charge < -0.3 is 24.8 Å². The maximum absolute atomic E-state index is 13.4. The van der Waals surface area contributed by atoms with Gasteiger partial charge in [0, 0.05) is 54.2 Å². The van der Waals surface area contributed by atoms with Crippen molar-refractivity contribution in [2.45, 2.75) is 106 Å². The van der Waals surface area contributed by atoms with Crippen LogP contribution in [0.4, 0.5) is 15.4 Å². The molecular formula is C39H52N8O5. The Morgan fingerprint density at radius 1 is 0.865 bits per heavy atom. The summed E-state index contributed by atoms with van der Waals surface area (Å²) in [5, 5.41) is 16.4. The Morgan fingerprint density at radius 2 is 1.52 bits per heavy atom. The summed E-state index contributed by atoms with van der Waals surface area (Å²) in [5.41, 5.74) is 14.4. The van der Waals surface area contributed by atoms with Gasteiger partial charge in [0.25, 0.3) is 0 Å². The van der Waals surface area contributed by atoms with Crippen LogP contribution < -0.4 is 5.73 Å². The third kappa shape index (κ3) is 7.10. The van der Waals surface area contributed by atoms with E-state index in [2.05, 4.69) is 42.7 Å². The van der Waals surface area contributed by atoms with E-state index in [9.17, 15) is 9.59 Å². The number of rotatable bonds is 6. The first kappa shape index (κ1) is 36.9. The number of amides is 1. The lowest BCUT2D eigenvalue weighted by Gasteiger charge is -2.34. The second-order valence-electron chi connectivity index (χ2n) is 15.9. The van der Waals surface area contributed by atoms with Gasteiger partial charge in [-0.3, -0.25) is 9.36 Å². The molecular weight excluding hydrogens is 660 g/mol. The van der Waals surface area contributed by atoms with Crippen molar-refractivity contribution in [1.29, 1.82) is 0 Å². The lowest BCUT2D eigenvalue weighted by molar-refractivity contribution is 0.0184. The second kappa shape index (κ2) is 13.6. The fraction of sp³-hybridized carbons (Fsp3) is 0.513. The molecule has 2 aromatic carbocycles. The van der Waals surface area contributed by atoms with E-state index >= 15 is 0 Å². The molecule has 3 aromatic heterocycles. The molecule has 1 amide bonds. The number of hydrogen-bond donors (Lipinski definition) is 1. The molecule has 1 fully saturated rings. The number of nitrogens with two attached hydrogens (primary N) is 1. The van der Waals surface area contributed by atoms with Gasteiger partial charge in [0.05, 0.1) is 35.6 Å². The molecule has 6 rings (SSSR count). The van der Waals surface area contributed by atoms with Crippen LogP contribution in [-0.4, -0.2) is 84.4 Å². The first-order valence-corrected chi connectivity index (χ1v) is 17.9. The number of likely N-dealkylation sites (tertiary alicyclic amines) is 1. The van der Waals surface area contributed by atoms with E-state index in [1.54, 1.807) is 12.0 Å². The lowest BCUT2D eigenvalue weighted by Crippen LogP contribution is -2.42. The maximum atomic E-state index is 13.4. The third-order valence-corrected chi connectivity index (χ3v) is 9.62. The van der Waals surface area contributed by atoms with Crippen LogP contribution in [0.3, 0.4) is 0 Å². The number of aryl methyl sites for hydroxylation is 2. The summed E-state index contributed by atoms with van der Waals surface area (Å²) in [6, 6.07) is 6.23. The number of aromatic nitrogens is 6. The summed E-state index contributed by atoms with van der Waals surface area (Å²) >= 11 is 0. The summed E-state index contributed by atoms with van der Waals surface area (Å²) < 4.78 is 22.0. The average molecular weight is 713 g/mol. The van der Waals surface area contributed by atoms with Gasteiger partial charge in [-0.1, -0.05) is 0 Å². The quantitative estimate of drug-likeness (QED) is 0.187. The first-order chi connectivity index (χ1) is 24.4. The van der Waals surface area contributed by atoms with E-state index < -0.39 is 17.3 Å². The number of carbonyl (C=O) groups is 2. The van der Waals surface area contributed by atoms with Gasteiger partial charge in [-0.2, -0.15) is 14.9 Å². The minimum absolute atomic E-state index is 0.0365. The van der Waals surface area contributed by atoms with Crippen molar-refractivity contribution in [2.75, 3.05) is 32.5 Å². The summed E-state index contributed by atoms with van der Waals surface area (Å²) in [4.78, 5) is 28.1. The number of fused-ring (bicyclic) bond motifs is 2. The van der Waals surface area contributed by atoms with Crippen molar-refractivity contribution in [3.05, 3.63) is 46.8 Å². The van der Waals surface area contributed by atoms with Crippen LogP contribution >= 0.6 is 0 Å². The van der Waals surface area contributed by atoms with Gasteiger partial charge in [0.1, 0.15) is 16.9 Å². The highest BCUT2D eigenvalue weighted by molar-refractivity contribution is 6.09. The zero-order chi connectivity index (χ0) is 37.9. The minimum atomic E-state index is -0.718. The highest BCUT2D eigenvalue weighted by atomic mass is 16.6. The van der Waals surface area contributed by atoms with Crippen LogP contribution in [0.25, 0.3) is 44.2 Å². The number of ether oxygens (including phenoxy) is 3. The Balaban J connectivity index is 1.54. The number of hydrogen-bond acceptors (Lipinski definition) is 9. The molecule has 0 atom stereocenters. The largest absolute Gasteiger partial charge is 0.444 e. The number of piperidine rings is 1. The highest BCUT2D eigenvalue weighted by Crippen LogP contribution is 2.45. The van der Waals surface area contributed by atoms with E-state index in [4.69, 9.17) is 30.1 Å². The van der Waals surface area contributed by atoms with Crippen LogP contribution in [0.2, 0.25) is 0 Å². The molecule has 0 saturated carbocycles. The Hall–Kier alpha value is -4.91. The van der Waals surface area contributed by atoms with Crippen molar-refractivity contribution < 1.29 is 23.8 Å². The number of anilines is 1. The molecule has 13 heteroatoms. The molecule has 2 N–H and O–H groups in total. The van der Waals surface area contributed by atoms with Crippen molar-refractivity contribution in [3.8, 4) is 22.4 Å². The summed E-state index contributed by atoms with van der Waals surface area (Å²) in [5.74, 6) is 0.231. The number of nitrogens with zero attached hydrogens (tertiary/aromatic N) is 7. The first-order valence-electron chi connectivity index (χ1n) is 17.9. The molecule has 52 heavy (non-hydrogen) atoms. The van der Waals surface area contributed by atoms with E-state index in [1.165, 1.54) is 4.68 Å². The number of carbonyl (C=O) groups excluding carboxylic acids is 2. The van der Waals surface area contributed by atoms with E-state index in [0.29, 0.717) is 50.0 Å². The number of benzene rings is 2. The minimum Gasteiger partial charge on any atom is -0.444 e. The molecule has 1 aliphatic heterocycles. The molecule has 278 valence electrons. The van der Waals surface area contributed by atoms with Gasteiger partial charge >= 0.3 is 12.2 Å². The maximum Gasteiger partial charge on any atom is 0.435 e. The van der Waals surface area contributed by atoms with Gasteiger partial charge in [-0.25, -0.2) is 9.59 Å². The summed E-state index contributed by atoms with van der Waals surface area (Å²) in [6.45, 7) is 21.7. The van der Waals surface area contributed by atoms with Gasteiger partial charge in [-0.05, 0) is 117 Å². The molecule has 0 unspecified atom stereocenters. The predicted molar refractivity (Wildman–Crippen MR) is 203 cm³/mol. The Kier molecular flexibility index (Phi) is 9.62. The monoisotopic (exact) mass is 712 g/mol. The fourth-order valence-corrected chi connectivity index (χ4v) is 7.06. The highest BCUT2D eigenvalue weighted by Gasteiger charge is 2.33. The van der Waals surface area contributed by atoms with E-state index in [0.717, 1.165) is 55.7 Å². The van der Waals surface area contributed by atoms with Crippen molar-refractivity contribution >= 4 is 39.8 Å². The average Bonchev–Trinajstić information content (AvgIpc) is 3.71. The van der Waals surface area contributed by atoms with Gasteiger partial charge in [0.15, 0.2) is 5.82 Å². The topological polar surface area (TPSA) is 145 Å². The molecule has 1 saturated heterocycles. The number of methoxy groups -OCH3 is 1. The van der Waals surface area contributed by atoms with E-state index in [-0.39, 0.29) is 18.0 Å². The molecule has 0 radical (unpaired) electrons. The second-order valence-corrected chi connectivity index (χ2v) is 15.9. The molecule has 5 aromatic rings. The number of nitrogen functional groups attached to an aromatic ring is 1. The van der Waals surface area contributed by atoms with Crippen LogP contribution in [-0.2, 0) is 20.8 Å². The zero-order valence-corrected chi connectivity index (χ0v) is 32.4. The smallest absolute Gasteiger partial charge is 0.435 e. The summed E-state index contributed by atoms with van der Waals surface area (Å²) in [7, 11) is 1.68. The Labute approximate surface area is 305 Å². The van der Waals surface area contributed by atoms with Gasteiger partial charge in [-0.15, -0.1) is 5.10 Å². The zero-order valence-electron chi connectivity index (χ0n) is 32.4. The lowest BCUT2D eigenvalue weighted by atomic mass is 9.89. The van der Waals surface area contributed by atoms with Crippen molar-refractivity contribution in [3.63, 3.8) is 0 Å². The third-order valence-electron chi connectivity index (χ3n) is 9.62. The predicted octanol–water partition coefficient (Wildman–Crippen LogP) is 7.73. The Morgan fingerprint density at radius 3 is 2.15 bits per heavy atom. The molecule has 0 spiro atoms. The summed E-state index contributed by atoms with van der Waals surface area (Å²) in [6.07, 6.45) is 2.57. The van der Waals surface area contributed by atoms with Crippen LogP contribution in [0.1, 0.15) is 82.8 Å². The standard InChI is InChI=1S/C39H52N8O5/c1-22-19-30-33(35(40)43-47(30)37(49)52-39(8,9)10)31(24(22)3)32-25(4)46(27-12-14-44(15-13-27)36(48)51-38(5,6)7)42-34(32)28-20-26-21-45(16-17-50-11)41-29(26)18-23(28)2/h18-21,27H,12-17H2,1-11H3,(H2,40,43). The normalized spacial score (nSPS) is 14.5. The molecule has 13 nitrogen and oxygen atoms in total. The van der Waals surface area contributed by atoms with Crippen molar-refractivity contribution in [1.82, 2.24) is 34.2 Å².